The molecule has 5 nitrogen and oxygen atoms in total. The van der Waals surface area contributed by atoms with E-state index in [4.69, 9.17) is 10.5 Å². The third kappa shape index (κ3) is 1.71. The Hall–Kier alpha value is -2.04. The number of nitrogens with zero attached hydrogens (tertiary/aromatic N) is 3. The number of rotatable bonds is 3. The molecule has 0 spiro atoms. The van der Waals surface area contributed by atoms with Crippen molar-refractivity contribution in [3.63, 3.8) is 0 Å². The van der Waals surface area contributed by atoms with Gasteiger partial charge in [0.25, 0.3) is 0 Å². The van der Waals surface area contributed by atoms with Crippen LogP contribution >= 0.6 is 0 Å². The summed E-state index contributed by atoms with van der Waals surface area (Å²) >= 11 is 0. The second-order valence-electron chi connectivity index (χ2n) is 3.37. The molecule has 0 saturated heterocycles. The Morgan fingerprint density at radius 3 is 2.88 bits per heavy atom. The predicted molar refractivity (Wildman–Crippen MR) is 62.1 cm³/mol. The molecule has 0 bridgehead atoms. The summed E-state index contributed by atoms with van der Waals surface area (Å²) in [6.45, 7) is 2.68. The summed E-state index contributed by atoms with van der Waals surface area (Å²) in [6.07, 6.45) is 0. The highest BCUT2D eigenvalue weighted by Gasteiger charge is 2.10. The van der Waals surface area contributed by atoms with Gasteiger partial charge in [-0.05, 0) is 19.1 Å². The Bertz CT molecular complexity index is 492. The molecule has 1 aromatic heterocycles. The zero-order chi connectivity index (χ0) is 11.5. The summed E-state index contributed by atoms with van der Waals surface area (Å²) in [4.78, 5) is 0. The fraction of sp³-hybridized carbons (Fsp3) is 0.273. The van der Waals surface area contributed by atoms with E-state index < -0.39 is 0 Å². The zero-order valence-corrected chi connectivity index (χ0v) is 9.34. The van der Waals surface area contributed by atoms with Crippen molar-refractivity contribution in [2.24, 2.45) is 0 Å². The molecule has 16 heavy (non-hydrogen) atoms. The van der Waals surface area contributed by atoms with Crippen molar-refractivity contribution in [3.05, 3.63) is 24.3 Å². The maximum Gasteiger partial charge on any atom is 0.150 e. The number of nitrogens with two attached hydrogens (primary N) is 1. The van der Waals surface area contributed by atoms with Gasteiger partial charge in [-0.15, -0.1) is 5.10 Å². The quantitative estimate of drug-likeness (QED) is 0.848. The average molecular weight is 218 g/mol. The number of nitrogen functional groups attached to an aromatic ring is 1. The van der Waals surface area contributed by atoms with Crippen molar-refractivity contribution in [1.29, 1.82) is 0 Å². The second-order valence-corrected chi connectivity index (χ2v) is 3.37. The fourth-order valence-corrected chi connectivity index (χ4v) is 1.53. The van der Waals surface area contributed by atoms with Crippen LogP contribution in [-0.2, 0) is 6.54 Å². The van der Waals surface area contributed by atoms with Gasteiger partial charge in [0.2, 0.25) is 0 Å². The van der Waals surface area contributed by atoms with Crippen LogP contribution in [0.25, 0.3) is 11.3 Å². The number of hydrogen-bond acceptors (Lipinski definition) is 4. The van der Waals surface area contributed by atoms with Gasteiger partial charge < -0.3 is 10.5 Å². The van der Waals surface area contributed by atoms with Crippen LogP contribution in [0.15, 0.2) is 24.3 Å². The first kappa shape index (κ1) is 10.5. The molecule has 0 radical (unpaired) electrons. The van der Waals surface area contributed by atoms with Crippen LogP contribution in [0.1, 0.15) is 6.92 Å². The molecule has 0 unspecified atom stereocenters. The van der Waals surface area contributed by atoms with E-state index in [9.17, 15) is 0 Å². The van der Waals surface area contributed by atoms with Gasteiger partial charge in [0.05, 0.1) is 7.11 Å². The average Bonchev–Trinajstić information content (AvgIpc) is 2.70. The van der Waals surface area contributed by atoms with Gasteiger partial charge in [-0.25, -0.2) is 4.68 Å². The molecule has 2 aromatic rings. The minimum Gasteiger partial charge on any atom is -0.497 e. The Kier molecular flexibility index (Phi) is 2.76. The molecule has 0 amide bonds. The molecule has 0 atom stereocenters. The van der Waals surface area contributed by atoms with Crippen LogP contribution < -0.4 is 10.5 Å². The molecule has 5 heteroatoms. The maximum absolute atomic E-state index is 5.93. The highest BCUT2D eigenvalue weighted by atomic mass is 16.5. The molecular formula is C11H14N4O. The first-order chi connectivity index (χ1) is 7.76. The Morgan fingerprint density at radius 1 is 1.44 bits per heavy atom. The molecule has 84 valence electrons. The Balaban J connectivity index is 2.45. The van der Waals surface area contributed by atoms with E-state index >= 15 is 0 Å². The van der Waals surface area contributed by atoms with Crippen molar-refractivity contribution >= 4 is 5.82 Å². The minimum absolute atomic E-state index is 0.579. The molecule has 0 aliphatic rings. The number of aromatic nitrogens is 3. The van der Waals surface area contributed by atoms with E-state index in [0.717, 1.165) is 11.3 Å². The molecule has 1 heterocycles. The molecule has 0 aliphatic carbocycles. The molecule has 2 N–H and O–H groups in total. The number of anilines is 1. The van der Waals surface area contributed by atoms with Crippen LogP contribution in [0.3, 0.4) is 0 Å². The summed E-state index contributed by atoms with van der Waals surface area (Å²) < 4.78 is 6.82. The van der Waals surface area contributed by atoms with E-state index in [2.05, 4.69) is 10.3 Å². The third-order valence-corrected chi connectivity index (χ3v) is 2.42. The summed E-state index contributed by atoms with van der Waals surface area (Å²) in [5.41, 5.74) is 7.54. The molecule has 1 aromatic carbocycles. The van der Waals surface area contributed by atoms with Gasteiger partial charge in [0.1, 0.15) is 17.3 Å². The van der Waals surface area contributed by atoms with Crippen molar-refractivity contribution in [1.82, 2.24) is 15.0 Å². The maximum atomic E-state index is 5.93. The predicted octanol–water partition coefficient (Wildman–Crippen LogP) is 1.56. The molecular weight excluding hydrogens is 204 g/mol. The van der Waals surface area contributed by atoms with Gasteiger partial charge in [-0.2, -0.15) is 0 Å². The minimum atomic E-state index is 0.579. The standard InChI is InChI=1S/C11H14N4O/c1-3-15-11(12)10(13-14-15)8-5-4-6-9(7-8)16-2/h4-7H,3,12H2,1-2H3. The largest absolute Gasteiger partial charge is 0.497 e. The third-order valence-electron chi connectivity index (χ3n) is 2.42. The summed E-state index contributed by atoms with van der Waals surface area (Å²) in [5.74, 6) is 1.36. The van der Waals surface area contributed by atoms with E-state index in [1.54, 1.807) is 11.8 Å². The normalized spacial score (nSPS) is 10.4. The first-order valence-electron chi connectivity index (χ1n) is 5.09. The number of methoxy groups -OCH3 is 1. The number of hydrogen-bond donors (Lipinski definition) is 1. The fourth-order valence-electron chi connectivity index (χ4n) is 1.53. The Morgan fingerprint density at radius 2 is 2.25 bits per heavy atom. The second kappa shape index (κ2) is 4.22. The highest BCUT2D eigenvalue weighted by Crippen LogP contribution is 2.26. The topological polar surface area (TPSA) is 66.0 Å². The molecule has 0 fully saturated rings. The summed E-state index contributed by atoms with van der Waals surface area (Å²) in [6, 6.07) is 7.60. The lowest BCUT2D eigenvalue weighted by atomic mass is 10.1. The lowest BCUT2D eigenvalue weighted by Gasteiger charge is -2.03. The summed E-state index contributed by atoms with van der Waals surface area (Å²) in [5, 5.41) is 8.03. The van der Waals surface area contributed by atoms with Crippen molar-refractivity contribution < 1.29 is 4.74 Å². The van der Waals surface area contributed by atoms with Crippen molar-refractivity contribution in [2.45, 2.75) is 13.5 Å². The summed E-state index contributed by atoms with van der Waals surface area (Å²) in [7, 11) is 1.63. The smallest absolute Gasteiger partial charge is 0.150 e. The first-order valence-corrected chi connectivity index (χ1v) is 5.09. The van der Waals surface area contributed by atoms with E-state index in [0.29, 0.717) is 18.1 Å². The van der Waals surface area contributed by atoms with E-state index in [1.807, 2.05) is 31.2 Å². The van der Waals surface area contributed by atoms with Gasteiger partial charge in [-0.1, -0.05) is 17.3 Å². The molecule has 0 aliphatic heterocycles. The van der Waals surface area contributed by atoms with Crippen molar-refractivity contribution in [3.8, 4) is 17.0 Å². The number of ether oxygens (including phenoxy) is 1. The van der Waals surface area contributed by atoms with Crippen LogP contribution in [-0.4, -0.2) is 22.1 Å². The number of aryl methyl sites for hydroxylation is 1. The van der Waals surface area contributed by atoms with Crippen LogP contribution in [0.4, 0.5) is 5.82 Å². The van der Waals surface area contributed by atoms with Crippen LogP contribution in [0, 0.1) is 0 Å². The van der Waals surface area contributed by atoms with Crippen LogP contribution in [0.2, 0.25) is 0 Å². The Labute approximate surface area is 93.8 Å². The zero-order valence-electron chi connectivity index (χ0n) is 9.34. The lowest BCUT2D eigenvalue weighted by molar-refractivity contribution is 0.415. The van der Waals surface area contributed by atoms with Crippen LogP contribution in [0.5, 0.6) is 5.75 Å². The highest BCUT2D eigenvalue weighted by molar-refractivity contribution is 5.70. The lowest BCUT2D eigenvalue weighted by Crippen LogP contribution is -2.02. The van der Waals surface area contributed by atoms with E-state index in [1.165, 1.54) is 0 Å². The monoisotopic (exact) mass is 218 g/mol. The van der Waals surface area contributed by atoms with Gasteiger partial charge in [0, 0.05) is 12.1 Å². The molecule has 0 saturated carbocycles. The number of benzene rings is 1. The molecule has 2 rings (SSSR count). The van der Waals surface area contributed by atoms with Gasteiger partial charge in [-0.3, -0.25) is 0 Å². The van der Waals surface area contributed by atoms with Gasteiger partial charge >= 0.3 is 0 Å². The van der Waals surface area contributed by atoms with Gasteiger partial charge in [0.15, 0.2) is 0 Å². The van der Waals surface area contributed by atoms with Crippen molar-refractivity contribution in [2.75, 3.05) is 12.8 Å². The van der Waals surface area contributed by atoms with E-state index in [-0.39, 0.29) is 0 Å². The SMILES string of the molecule is CCn1nnc(-c2cccc(OC)c2)c1N.